The Kier molecular flexibility index (Phi) is 4.28. The Morgan fingerprint density at radius 2 is 2.09 bits per heavy atom. The van der Waals surface area contributed by atoms with Crippen LogP contribution in [0.2, 0.25) is 0 Å². The van der Waals surface area contributed by atoms with Gasteiger partial charge in [0.25, 0.3) is 0 Å². The summed E-state index contributed by atoms with van der Waals surface area (Å²) in [5.74, 6) is -0.503. The highest BCUT2D eigenvalue weighted by molar-refractivity contribution is 5.95. The average Bonchev–Trinajstić information content (AvgIpc) is 2.93. The lowest BCUT2D eigenvalue weighted by Gasteiger charge is -2.08. The van der Waals surface area contributed by atoms with Crippen LogP contribution in [0.1, 0.15) is 12.5 Å². The molecule has 23 heavy (non-hydrogen) atoms. The van der Waals surface area contributed by atoms with Crippen LogP contribution in [-0.2, 0) is 11.2 Å². The molecule has 0 spiro atoms. The summed E-state index contributed by atoms with van der Waals surface area (Å²) in [7, 11) is 0. The quantitative estimate of drug-likeness (QED) is 0.751. The van der Waals surface area contributed by atoms with Crippen molar-refractivity contribution in [3.8, 4) is 5.75 Å². The Bertz CT molecular complexity index is 842. The van der Waals surface area contributed by atoms with E-state index in [0.717, 1.165) is 16.5 Å². The lowest BCUT2D eigenvalue weighted by Crippen LogP contribution is -2.14. The van der Waals surface area contributed by atoms with Gasteiger partial charge in [-0.3, -0.25) is 4.79 Å². The van der Waals surface area contributed by atoms with Crippen molar-refractivity contribution in [2.24, 2.45) is 0 Å². The molecule has 0 saturated heterocycles. The van der Waals surface area contributed by atoms with Gasteiger partial charge in [0.05, 0.1) is 13.0 Å². The van der Waals surface area contributed by atoms with E-state index in [1.165, 1.54) is 12.1 Å². The normalized spacial score (nSPS) is 10.7. The van der Waals surface area contributed by atoms with E-state index in [1.54, 1.807) is 13.0 Å². The third-order valence-corrected chi connectivity index (χ3v) is 3.54. The maximum Gasteiger partial charge on any atom is 0.228 e. The van der Waals surface area contributed by atoms with Gasteiger partial charge in [0, 0.05) is 28.9 Å². The van der Waals surface area contributed by atoms with Crippen molar-refractivity contribution in [2.75, 3.05) is 11.9 Å². The van der Waals surface area contributed by atoms with Crippen LogP contribution in [0.15, 0.2) is 48.7 Å². The Hall–Kier alpha value is -2.82. The number of nitrogens with one attached hydrogen (secondary N) is 2. The molecule has 2 N–H and O–H groups in total. The average molecular weight is 312 g/mol. The van der Waals surface area contributed by atoms with Gasteiger partial charge in [-0.1, -0.05) is 18.2 Å². The first-order valence-corrected chi connectivity index (χ1v) is 7.44. The minimum atomic E-state index is -0.489. The zero-order valence-corrected chi connectivity index (χ0v) is 12.7. The molecule has 3 aromatic rings. The first-order chi connectivity index (χ1) is 11.2. The number of benzene rings is 2. The zero-order chi connectivity index (χ0) is 16.2. The monoisotopic (exact) mass is 312 g/mol. The molecule has 1 aromatic heterocycles. The molecule has 4 nitrogen and oxygen atoms in total. The van der Waals surface area contributed by atoms with Gasteiger partial charge < -0.3 is 15.0 Å². The predicted octanol–water partition coefficient (Wildman–Crippen LogP) is 3.89. The number of carbonyl (C=O) groups excluding carboxylic acids is 1. The van der Waals surface area contributed by atoms with Crippen LogP contribution in [0.5, 0.6) is 5.75 Å². The summed E-state index contributed by atoms with van der Waals surface area (Å²) in [6.45, 7) is 2.18. The van der Waals surface area contributed by atoms with Gasteiger partial charge in [0.1, 0.15) is 0 Å². The van der Waals surface area contributed by atoms with Crippen molar-refractivity contribution in [1.29, 1.82) is 0 Å². The number of amides is 1. The first-order valence-electron chi connectivity index (χ1n) is 7.44. The van der Waals surface area contributed by atoms with Crippen molar-refractivity contribution < 1.29 is 13.9 Å². The summed E-state index contributed by atoms with van der Waals surface area (Å²) in [5.41, 5.74) is 2.31. The molecule has 1 heterocycles. The van der Waals surface area contributed by atoms with E-state index in [1.807, 2.05) is 30.5 Å². The number of hydrogen-bond acceptors (Lipinski definition) is 2. The molecule has 0 atom stereocenters. The topological polar surface area (TPSA) is 54.1 Å². The number of anilines is 1. The van der Waals surface area contributed by atoms with Gasteiger partial charge in [-0.25, -0.2) is 4.39 Å². The Morgan fingerprint density at radius 1 is 1.26 bits per heavy atom. The molecule has 2 aromatic carbocycles. The van der Waals surface area contributed by atoms with E-state index in [-0.39, 0.29) is 18.1 Å². The summed E-state index contributed by atoms with van der Waals surface area (Å²) in [6.07, 6.45) is 2.04. The van der Waals surface area contributed by atoms with E-state index in [2.05, 4.69) is 10.3 Å². The number of rotatable bonds is 5. The van der Waals surface area contributed by atoms with E-state index in [9.17, 15) is 9.18 Å². The Labute approximate surface area is 133 Å². The first kappa shape index (κ1) is 15.1. The molecule has 5 heteroatoms. The van der Waals surface area contributed by atoms with Gasteiger partial charge in [-0.15, -0.1) is 0 Å². The molecular weight excluding hydrogens is 295 g/mol. The fraction of sp³-hybridized carbons (Fsp3) is 0.167. The molecule has 0 unspecified atom stereocenters. The third-order valence-electron chi connectivity index (χ3n) is 3.54. The summed E-state index contributed by atoms with van der Waals surface area (Å²) >= 11 is 0. The molecule has 0 aliphatic carbocycles. The summed E-state index contributed by atoms with van der Waals surface area (Å²) in [6, 6.07) is 12.2. The van der Waals surface area contributed by atoms with Crippen LogP contribution in [0, 0.1) is 5.82 Å². The molecule has 0 saturated carbocycles. The van der Waals surface area contributed by atoms with Crippen LogP contribution >= 0.6 is 0 Å². The van der Waals surface area contributed by atoms with E-state index in [4.69, 9.17) is 4.74 Å². The van der Waals surface area contributed by atoms with Gasteiger partial charge in [-0.05, 0) is 30.7 Å². The second-order valence-electron chi connectivity index (χ2n) is 5.16. The molecule has 0 bridgehead atoms. The number of ether oxygens (including phenoxy) is 1. The number of carbonyl (C=O) groups is 1. The van der Waals surface area contributed by atoms with Crippen molar-refractivity contribution in [3.63, 3.8) is 0 Å². The van der Waals surface area contributed by atoms with E-state index >= 15 is 0 Å². The highest BCUT2D eigenvalue weighted by Gasteiger charge is 2.10. The maximum absolute atomic E-state index is 13.8. The number of hydrogen-bond donors (Lipinski definition) is 2. The fourth-order valence-corrected chi connectivity index (χ4v) is 2.51. The summed E-state index contributed by atoms with van der Waals surface area (Å²) < 4.78 is 18.9. The number of aromatic amines is 1. The van der Waals surface area contributed by atoms with Crippen LogP contribution in [-0.4, -0.2) is 17.5 Å². The molecule has 118 valence electrons. The lowest BCUT2D eigenvalue weighted by molar-refractivity contribution is -0.115. The van der Waals surface area contributed by atoms with Gasteiger partial charge in [0.15, 0.2) is 11.6 Å². The minimum absolute atomic E-state index is 0.183. The smallest absolute Gasteiger partial charge is 0.228 e. The van der Waals surface area contributed by atoms with Crippen LogP contribution in [0.3, 0.4) is 0 Å². The number of para-hydroxylation sites is 1. The molecule has 3 rings (SSSR count). The lowest BCUT2D eigenvalue weighted by atomic mass is 10.1. The van der Waals surface area contributed by atoms with E-state index < -0.39 is 5.82 Å². The number of H-pyrrole nitrogens is 1. The van der Waals surface area contributed by atoms with Crippen LogP contribution in [0.4, 0.5) is 10.1 Å². The number of halogens is 1. The number of fused-ring (bicyclic) bond motifs is 1. The Balaban J connectivity index is 1.71. The summed E-state index contributed by atoms with van der Waals surface area (Å²) in [5, 5.41) is 3.72. The van der Waals surface area contributed by atoms with Crippen molar-refractivity contribution in [1.82, 2.24) is 4.98 Å². The second kappa shape index (κ2) is 6.52. The van der Waals surface area contributed by atoms with Crippen molar-refractivity contribution in [3.05, 3.63) is 60.0 Å². The second-order valence-corrected chi connectivity index (χ2v) is 5.16. The molecule has 0 fully saturated rings. The number of aromatic nitrogens is 1. The molecule has 1 amide bonds. The van der Waals surface area contributed by atoms with Crippen LogP contribution < -0.4 is 10.1 Å². The zero-order valence-electron chi connectivity index (χ0n) is 12.7. The third kappa shape index (κ3) is 3.34. The van der Waals surface area contributed by atoms with Crippen LogP contribution in [0.25, 0.3) is 10.9 Å². The largest absolute Gasteiger partial charge is 0.491 e. The SMILES string of the molecule is CCOc1ccc(NC(=O)Cc2c[nH]c3ccccc23)cc1F. The summed E-state index contributed by atoms with van der Waals surface area (Å²) in [4.78, 5) is 15.3. The van der Waals surface area contributed by atoms with Gasteiger partial charge in [-0.2, -0.15) is 0 Å². The molecular formula is C18H17FN2O2. The van der Waals surface area contributed by atoms with E-state index in [0.29, 0.717) is 12.3 Å². The van der Waals surface area contributed by atoms with Crippen molar-refractivity contribution in [2.45, 2.75) is 13.3 Å². The fourth-order valence-electron chi connectivity index (χ4n) is 2.51. The molecule has 0 aliphatic rings. The standard InChI is InChI=1S/C18H17FN2O2/c1-2-23-17-8-7-13(10-15(17)19)21-18(22)9-12-11-20-16-6-4-3-5-14(12)16/h3-8,10-11,20H,2,9H2,1H3,(H,21,22). The van der Waals surface area contributed by atoms with Crippen molar-refractivity contribution >= 4 is 22.5 Å². The van der Waals surface area contributed by atoms with Gasteiger partial charge >= 0.3 is 0 Å². The minimum Gasteiger partial charge on any atom is -0.491 e. The Morgan fingerprint density at radius 3 is 2.87 bits per heavy atom. The maximum atomic E-state index is 13.8. The highest BCUT2D eigenvalue weighted by Crippen LogP contribution is 2.22. The molecule has 0 aliphatic heterocycles. The predicted molar refractivity (Wildman–Crippen MR) is 88.2 cm³/mol. The van der Waals surface area contributed by atoms with Gasteiger partial charge in [0.2, 0.25) is 5.91 Å². The highest BCUT2D eigenvalue weighted by atomic mass is 19.1. The molecule has 0 radical (unpaired) electrons.